The molecule has 0 aromatic heterocycles. The maximum Gasteiger partial charge on any atom is 0.310 e. The van der Waals surface area contributed by atoms with Gasteiger partial charge in [-0.3, -0.25) is 0 Å². The van der Waals surface area contributed by atoms with Gasteiger partial charge in [0.1, 0.15) is 11.5 Å². The molecule has 6 nitrogen and oxygen atoms in total. The lowest BCUT2D eigenvalue weighted by Gasteiger charge is -2.18. The molecule has 1 atom stereocenters. The summed E-state index contributed by atoms with van der Waals surface area (Å²) in [5, 5.41) is 0. The Morgan fingerprint density at radius 1 is 1.27 bits per heavy atom. The van der Waals surface area contributed by atoms with Crippen LogP contribution in [0.15, 0.2) is 12.1 Å². The molecule has 124 valence electrons. The van der Waals surface area contributed by atoms with Crippen molar-refractivity contribution >= 4 is 20.1 Å². The maximum absolute atomic E-state index is 12.2. The van der Waals surface area contributed by atoms with Crippen molar-refractivity contribution < 1.29 is 21.0 Å². The second-order valence-corrected chi connectivity index (χ2v) is 9.55. The van der Waals surface area contributed by atoms with E-state index in [9.17, 15) is 16.8 Å². The first-order chi connectivity index (χ1) is 10.0. The van der Waals surface area contributed by atoms with E-state index < -0.39 is 26.2 Å². The van der Waals surface area contributed by atoms with Crippen molar-refractivity contribution in [3.05, 3.63) is 28.8 Å². The van der Waals surface area contributed by atoms with Crippen LogP contribution in [0.3, 0.4) is 0 Å². The summed E-state index contributed by atoms with van der Waals surface area (Å²) in [6, 6.07) is 3.06. The van der Waals surface area contributed by atoms with Gasteiger partial charge in [0.2, 0.25) is 10.0 Å². The highest BCUT2D eigenvalue weighted by Crippen LogP contribution is 2.26. The average Bonchev–Trinajstić information content (AvgIpc) is 2.62. The highest BCUT2D eigenvalue weighted by molar-refractivity contribution is 7.89. The van der Waals surface area contributed by atoms with Gasteiger partial charge in [0.25, 0.3) is 0 Å². The molecule has 1 aromatic rings. The number of aryl methyl sites for hydroxylation is 2. The molecule has 8 heteroatoms. The summed E-state index contributed by atoms with van der Waals surface area (Å²) >= 11 is 0. The molecule has 0 amide bonds. The quantitative estimate of drug-likeness (QED) is 0.768. The van der Waals surface area contributed by atoms with Gasteiger partial charge in [-0.2, -0.15) is 8.42 Å². The van der Waals surface area contributed by atoms with E-state index in [-0.39, 0.29) is 11.5 Å². The molecule has 0 spiro atoms. The zero-order valence-electron chi connectivity index (χ0n) is 13.2. The van der Waals surface area contributed by atoms with Crippen molar-refractivity contribution in [2.24, 2.45) is 0 Å². The predicted molar refractivity (Wildman–Crippen MR) is 85.0 cm³/mol. The first-order valence-electron chi connectivity index (χ1n) is 6.97. The van der Waals surface area contributed by atoms with Gasteiger partial charge >= 0.3 is 10.1 Å². The van der Waals surface area contributed by atoms with Crippen LogP contribution < -0.4 is 4.18 Å². The van der Waals surface area contributed by atoms with Crippen LogP contribution in [0.2, 0.25) is 0 Å². The molecule has 0 N–H and O–H groups in total. The molecule has 0 aliphatic carbocycles. The van der Waals surface area contributed by atoms with Gasteiger partial charge in [-0.1, -0.05) is 6.07 Å². The lowest BCUT2D eigenvalue weighted by atomic mass is 10.1. The lowest BCUT2D eigenvalue weighted by molar-refractivity contribution is 0.406. The van der Waals surface area contributed by atoms with Crippen molar-refractivity contribution in [1.29, 1.82) is 0 Å². The van der Waals surface area contributed by atoms with Gasteiger partial charge in [-0.05, 0) is 49.9 Å². The second kappa shape index (κ2) is 5.82. The van der Waals surface area contributed by atoms with Gasteiger partial charge in [0, 0.05) is 13.1 Å². The standard InChI is InChI=1S/C14H21NO5S2/c1-10-7-11(2)12(3)14(8-10)20-22(18,19)9-13-5-6-21(16,17)15(13)4/h7-8,13H,5-6,9H2,1-4H3. The van der Waals surface area contributed by atoms with E-state index in [1.807, 2.05) is 19.9 Å². The fraction of sp³-hybridized carbons (Fsp3) is 0.571. The maximum atomic E-state index is 12.2. The van der Waals surface area contributed by atoms with E-state index in [0.29, 0.717) is 12.2 Å². The highest BCUT2D eigenvalue weighted by Gasteiger charge is 2.37. The Balaban J connectivity index is 2.20. The molecular weight excluding hydrogens is 326 g/mol. The van der Waals surface area contributed by atoms with E-state index >= 15 is 0 Å². The molecule has 1 heterocycles. The topological polar surface area (TPSA) is 80.8 Å². The number of hydrogen-bond acceptors (Lipinski definition) is 5. The van der Waals surface area contributed by atoms with Crippen LogP contribution >= 0.6 is 0 Å². The Hall–Kier alpha value is -1.12. The fourth-order valence-corrected chi connectivity index (χ4v) is 5.48. The van der Waals surface area contributed by atoms with Gasteiger partial charge in [-0.25, -0.2) is 12.7 Å². The third kappa shape index (κ3) is 3.61. The van der Waals surface area contributed by atoms with Gasteiger partial charge < -0.3 is 4.18 Å². The first-order valence-corrected chi connectivity index (χ1v) is 10.2. The number of sulfonamides is 1. The zero-order valence-corrected chi connectivity index (χ0v) is 14.8. The average molecular weight is 347 g/mol. The minimum atomic E-state index is -3.86. The van der Waals surface area contributed by atoms with Gasteiger partial charge in [0.15, 0.2) is 0 Å². The lowest BCUT2D eigenvalue weighted by Crippen LogP contribution is -2.35. The monoisotopic (exact) mass is 347 g/mol. The SMILES string of the molecule is Cc1cc(C)c(C)c(OS(=O)(=O)CC2CCS(=O)(=O)N2C)c1. The summed E-state index contributed by atoms with van der Waals surface area (Å²) in [6.07, 6.45) is 0.299. The third-order valence-electron chi connectivity index (χ3n) is 4.04. The van der Waals surface area contributed by atoms with Crippen molar-refractivity contribution in [2.75, 3.05) is 18.6 Å². The largest absolute Gasteiger partial charge is 0.382 e. The molecule has 1 fully saturated rings. The number of nitrogens with zero attached hydrogens (tertiary/aromatic N) is 1. The molecule has 1 saturated heterocycles. The van der Waals surface area contributed by atoms with Crippen LogP contribution in [0.4, 0.5) is 0 Å². The minimum Gasteiger partial charge on any atom is -0.382 e. The van der Waals surface area contributed by atoms with Crippen LogP contribution in [0.25, 0.3) is 0 Å². The van der Waals surface area contributed by atoms with E-state index in [4.69, 9.17) is 4.18 Å². The molecule has 0 saturated carbocycles. The molecule has 0 bridgehead atoms. The third-order valence-corrected chi connectivity index (χ3v) is 7.19. The van der Waals surface area contributed by atoms with E-state index in [2.05, 4.69) is 0 Å². The normalized spacial score (nSPS) is 21.9. The van der Waals surface area contributed by atoms with Crippen LogP contribution in [0, 0.1) is 20.8 Å². The van der Waals surface area contributed by atoms with Gasteiger partial charge in [-0.15, -0.1) is 0 Å². The molecule has 1 unspecified atom stereocenters. The molecule has 1 aliphatic heterocycles. The van der Waals surface area contributed by atoms with Crippen LogP contribution in [0.5, 0.6) is 5.75 Å². The number of rotatable bonds is 4. The first kappa shape index (κ1) is 17.2. The summed E-state index contributed by atoms with van der Waals surface area (Å²) in [5.74, 6) is -0.0532. The van der Waals surface area contributed by atoms with Crippen molar-refractivity contribution in [1.82, 2.24) is 4.31 Å². The molecule has 0 radical (unpaired) electrons. The molecule has 22 heavy (non-hydrogen) atoms. The molecule has 1 aromatic carbocycles. The second-order valence-electron chi connectivity index (χ2n) is 5.79. The molecular formula is C14H21NO5S2. The Labute approximate surface area is 132 Å². The van der Waals surface area contributed by atoms with Crippen LogP contribution in [-0.2, 0) is 20.1 Å². The van der Waals surface area contributed by atoms with E-state index in [1.165, 1.54) is 7.05 Å². The summed E-state index contributed by atoms with van der Waals surface area (Å²) in [7, 11) is -5.78. The summed E-state index contributed by atoms with van der Waals surface area (Å²) < 4.78 is 54.1. The highest BCUT2D eigenvalue weighted by atomic mass is 32.2. The fourth-order valence-electron chi connectivity index (χ4n) is 2.52. The van der Waals surface area contributed by atoms with Crippen molar-refractivity contribution in [3.63, 3.8) is 0 Å². The Bertz CT molecular complexity index is 784. The van der Waals surface area contributed by atoms with Gasteiger partial charge in [0.05, 0.1) is 5.75 Å². The molecule has 2 rings (SSSR count). The Kier molecular flexibility index (Phi) is 4.56. The zero-order chi connectivity index (χ0) is 16.7. The summed E-state index contributed by atoms with van der Waals surface area (Å²) in [5.41, 5.74) is 2.63. The van der Waals surface area contributed by atoms with Crippen LogP contribution in [0.1, 0.15) is 23.1 Å². The number of hydrogen-bond donors (Lipinski definition) is 0. The Morgan fingerprint density at radius 3 is 2.45 bits per heavy atom. The Morgan fingerprint density at radius 2 is 1.91 bits per heavy atom. The van der Waals surface area contributed by atoms with E-state index in [0.717, 1.165) is 21.0 Å². The predicted octanol–water partition coefficient (Wildman–Crippen LogP) is 1.35. The molecule has 1 aliphatic rings. The van der Waals surface area contributed by atoms with E-state index in [1.54, 1.807) is 13.0 Å². The van der Waals surface area contributed by atoms with Crippen molar-refractivity contribution in [2.45, 2.75) is 33.2 Å². The summed E-state index contributed by atoms with van der Waals surface area (Å²) in [4.78, 5) is 0. The summed E-state index contributed by atoms with van der Waals surface area (Å²) in [6.45, 7) is 5.55. The minimum absolute atomic E-state index is 0.0216. The number of benzene rings is 1. The van der Waals surface area contributed by atoms with Crippen LogP contribution in [-0.4, -0.2) is 45.7 Å². The van der Waals surface area contributed by atoms with Crippen molar-refractivity contribution in [3.8, 4) is 5.75 Å². The smallest absolute Gasteiger partial charge is 0.310 e.